The monoisotopic (exact) mass is 253 g/mol. The van der Waals surface area contributed by atoms with Crippen LogP contribution >= 0.6 is 11.6 Å². The number of benzene rings is 1. The molecule has 0 aliphatic carbocycles. The van der Waals surface area contributed by atoms with Gasteiger partial charge in [-0.1, -0.05) is 11.6 Å². The van der Waals surface area contributed by atoms with Crippen molar-refractivity contribution in [3.63, 3.8) is 0 Å². The van der Waals surface area contributed by atoms with Crippen LogP contribution in [0.4, 0.5) is 13.2 Å². The maximum atomic E-state index is 12.0. The lowest BCUT2D eigenvalue weighted by Gasteiger charge is -2.15. The van der Waals surface area contributed by atoms with E-state index in [1.807, 2.05) is 0 Å². The minimum Gasteiger partial charge on any atom is -0.508 e. The minimum atomic E-state index is -4.24. The van der Waals surface area contributed by atoms with E-state index in [4.69, 9.17) is 17.3 Å². The second kappa shape index (κ2) is 4.93. The largest absolute Gasteiger partial charge is 0.508 e. The van der Waals surface area contributed by atoms with Crippen molar-refractivity contribution < 1.29 is 18.3 Å². The standard InChI is InChI=1S/C10H11ClF3NO/c11-6-1-2-9(16)7(5-6)8(15)3-4-10(12,13)14/h1-2,5,8,16H,3-4,15H2/t8-/m1/s1. The van der Waals surface area contributed by atoms with Gasteiger partial charge >= 0.3 is 6.18 Å². The van der Waals surface area contributed by atoms with Crippen LogP contribution in [0.1, 0.15) is 24.4 Å². The Bertz CT molecular complexity index is 368. The van der Waals surface area contributed by atoms with Gasteiger partial charge in [0.15, 0.2) is 0 Å². The lowest BCUT2D eigenvalue weighted by Crippen LogP contribution is -2.15. The van der Waals surface area contributed by atoms with Gasteiger partial charge in [0.05, 0.1) is 0 Å². The normalized spacial score (nSPS) is 13.8. The summed E-state index contributed by atoms with van der Waals surface area (Å²) in [5.74, 6) is -0.140. The third-order valence-electron chi connectivity index (χ3n) is 2.13. The van der Waals surface area contributed by atoms with Gasteiger partial charge in [0.1, 0.15) is 5.75 Å². The molecule has 0 unspecified atom stereocenters. The van der Waals surface area contributed by atoms with Gasteiger partial charge in [0.25, 0.3) is 0 Å². The Hall–Kier alpha value is -0.940. The van der Waals surface area contributed by atoms with Gasteiger partial charge in [-0.2, -0.15) is 13.2 Å². The van der Waals surface area contributed by atoms with Crippen molar-refractivity contribution in [3.05, 3.63) is 28.8 Å². The summed E-state index contributed by atoms with van der Waals surface area (Å²) in [5, 5.41) is 9.74. The number of halogens is 4. The average Bonchev–Trinajstić information content (AvgIpc) is 2.17. The van der Waals surface area contributed by atoms with Crippen molar-refractivity contribution in [1.82, 2.24) is 0 Å². The molecule has 90 valence electrons. The molecule has 0 saturated heterocycles. The van der Waals surface area contributed by atoms with E-state index in [0.717, 1.165) is 0 Å². The van der Waals surface area contributed by atoms with Crippen LogP contribution in [0.15, 0.2) is 18.2 Å². The molecule has 0 aliphatic rings. The summed E-state index contributed by atoms with van der Waals surface area (Å²) in [6, 6.07) is 3.25. The lowest BCUT2D eigenvalue weighted by molar-refractivity contribution is -0.136. The van der Waals surface area contributed by atoms with E-state index >= 15 is 0 Å². The summed E-state index contributed by atoms with van der Waals surface area (Å²) < 4.78 is 35.9. The summed E-state index contributed by atoms with van der Waals surface area (Å²) >= 11 is 5.66. The first-order valence-corrected chi connectivity index (χ1v) is 4.98. The molecule has 16 heavy (non-hydrogen) atoms. The molecule has 0 saturated carbocycles. The Balaban J connectivity index is 2.73. The third-order valence-corrected chi connectivity index (χ3v) is 2.36. The second-order valence-corrected chi connectivity index (χ2v) is 3.90. The first-order chi connectivity index (χ1) is 7.29. The molecule has 6 heteroatoms. The molecule has 0 aromatic heterocycles. The summed E-state index contributed by atoms with van der Waals surface area (Å²) in [6.45, 7) is 0. The highest BCUT2D eigenvalue weighted by Gasteiger charge is 2.28. The first-order valence-electron chi connectivity index (χ1n) is 4.60. The van der Waals surface area contributed by atoms with Crippen LogP contribution in [0.25, 0.3) is 0 Å². The minimum absolute atomic E-state index is 0.140. The van der Waals surface area contributed by atoms with Crippen LogP contribution < -0.4 is 5.73 Å². The molecule has 3 N–H and O–H groups in total. The predicted molar refractivity (Wildman–Crippen MR) is 55.3 cm³/mol. The van der Waals surface area contributed by atoms with Gasteiger partial charge < -0.3 is 10.8 Å². The molecule has 2 nitrogen and oxygen atoms in total. The van der Waals surface area contributed by atoms with E-state index in [2.05, 4.69) is 0 Å². The van der Waals surface area contributed by atoms with E-state index in [1.54, 1.807) is 0 Å². The Morgan fingerprint density at radius 2 is 2.00 bits per heavy atom. The fraction of sp³-hybridized carbons (Fsp3) is 0.400. The maximum absolute atomic E-state index is 12.0. The van der Waals surface area contributed by atoms with Crippen LogP contribution in [0.5, 0.6) is 5.75 Å². The summed E-state index contributed by atoms with van der Waals surface area (Å²) in [4.78, 5) is 0. The number of aromatic hydroxyl groups is 1. The van der Waals surface area contributed by atoms with Crippen molar-refractivity contribution >= 4 is 11.6 Å². The summed E-state index contributed by atoms with van der Waals surface area (Å²) in [5.41, 5.74) is 5.79. The Kier molecular flexibility index (Phi) is 4.04. The molecular formula is C10H11ClF3NO. The Morgan fingerprint density at radius 1 is 1.38 bits per heavy atom. The number of alkyl halides is 3. The topological polar surface area (TPSA) is 46.2 Å². The maximum Gasteiger partial charge on any atom is 0.389 e. The average molecular weight is 254 g/mol. The van der Waals surface area contributed by atoms with Gasteiger partial charge in [-0.05, 0) is 24.6 Å². The number of hydrogen-bond donors (Lipinski definition) is 2. The van der Waals surface area contributed by atoms with E-state index in [-0.39, 0.29) is 17.7 Å². The third kappa shape index (κ3) is 3.90. The molecule has 0 amide bonds. The number of nitrogens with two attached hydrogens (primary N) is 1. The highest BCUT2D eigenvalue weighted by molar-refractivity contribution is 6.30. The molecule has 1 atom stereocenters. The van der Waals surface area contributed by atoms with Gasteiger partial charge in [0, 0.05) is 23.0 Å². The molecule has 1 rings (SSSR count). The molecule has 0 aliphatic heterocycles. The molecule has 0 bridgehead atoms. The summed E-state index contributed by atoms with van der Waals surface area (Å²) in [6.07, 6.45) is -5.51. The van der Waals surface area contributed by atoms with E-state index in [0.29, 0.717) is 5.02 Å². The van der Waals surface area contributed by atoms with Crippen LogP contribution in [-0.2, 0) is 0 Å². The molecule has 1 aromatic rings. The van der Waals surface area contributed by atoms with Crippen LogP contribution in [0, 0.1) is 0 Å². The van der Waals surface area contributed by atoms with Crippen LogP contribution in [0.2, 0.25) is 5.02 Å². The van der Waals surface area contributed by atoms with Gasteiger partial charge in [-0.25, -0.2) is 0 Å². The van der Waals surface area contributed by atoms with Crippen molar-refractivity contribution in [2.75, 3.05) is 0 Å². The van der Waals surface area contributed by atoms with Gasteiger partial charge in [-0.15, -0.1) is 0 Å². The Labute approximate surface area is 95.8 Å². The number of hydrogen-bond acceptors (Lipinski definition) is 2. The molecule has 0 radical (unpaired) electrons. The first kappa shape index (κ1) is 13.1. The molecular weight excluding hydrogens is 243 g/mol. The van der Waals surface area contributed by atoms with Crippen molar-refractivity contribution in [2.45, 2.75) is 25.1 Å². The van der Waals surface area contributed by atoms with Crippen molar-refractivity contribution in [1.29, 1.82) is 0 Å². The van der Waals surface area contributed by atoms with Crippen LogP contribution in [-0.4, -0.2) is 11.3 Å². The Morgan fingerprint density at radius 3 is 2.56 bits per heavy atom. The molecule has 0 fully saturated rings. The van der Waals surface area contributed by atoms with Crippen LogP contribution in [0.3, 0.4) is 0 Å². The predicted octanol–water partition coefficient (Wildman–Crippen LogP) is 3.39. The van der Waals surface area contributed by atoms with Gasteiger partial charge in [-0.3, -0.25) is 0 Å². The fourth-order valence-electron chi connectivity index (χ4n) is 1.30. The lowest BCUT2D eigenvalue weighted by atomic mass is 10.0. The van der Waals surface area contributed by atoms with Gasteiger partial charge in [0.2, 0.25) is 0 Å². The highest BCUT2D eigenvalue weighted by Crippen LogP contribution is 2.31. The van der Waals surface area contributed by atoms with Crippen molar-refractivity contribution in [3.8, 4) is 5.75 Å². The van der Waals surface area contributed by atoms with E-state index < -0.39 is 18.6 Å². The molecule has 0 heterocycles. The zero-order chi connectivity index (χ0) is 12.3. The van der Waals surface area contributed by atoms with Crippen molar-refractivity contribution in [2.24, 2.45) is 5.73 Å². The highest BCUT2D eigenvalue weighted by atomic mass is 35.5. The van der Waals surface area contributed by atoms with E-state index in [9.17, 15) is 18.3 Å². The number of phenols is 1. The zero-order valence-electron chi connectivity index (χ0n) is 8.26. The van der Waals surface area contributed by atoms with E-state index in [1.165, 1.54) is 18.2 Å². The molecule has 0 spiro atoms. The fourth-order valence-corrected chi connectivity index (χ4v) is 1.48. The quantitative estimate of drug-likeness (QED) is 0.867. The second-order valence-electron chi connectivity index (χ2n) is 3.46. The number of rotatable bonds is 3. The smallest absolute Gasteiger partial charge is 0.389 e. The summed E-state index contributed by atoms with van der Waals surface area (Å²) in [7, 11) is 0. The molecule has 1 aromatic carbocycles. The SMILES string of the molecule is N[C@H](CCC(F)(F)F)c1cc(Cl)ccc1O. The zero-order valence-corrected chi connectivity index (χ0v) is 9.02. The number of phenolic OH excluding ortho intramolecular Hbond substituents is 1.